The standard InChI is InChI=1S/C18H18BrNO5/c1-11(21)20-14-6-4-5-12(7-14)18(22)25-10-13-8-16(23-2)17(24-3)9-15(13)19/h4-9H,10H2,1-3H3,(H,20,21). The Hall–Kier alpha value is -2.54. The van der Waals surface area contributed by atoms with Crippen molar-refractivity contribution in [2.24, 2.45) is 0 Å². The number of carbonyl (C=O) groups excluding carboxylic acids is 2. The average molecular weight is 408 g/mol. The van der Waals surface area contributed by atoms with Crippen LogP contribution in [0.2, 0.25) is 0 Å². The van der Waals surface area contributed by atoms with Gasteiger partial charge in [-0.25, -0.2) is 4.79 Å². The first-order chi connectivity index (χ1) is 11.9. The molecular formula is C18H18BrNO5. The van der Waals surface area contributed by atoms with Crippen molar-refractivity contribution in [3.8, 4) is 11.5 Å². The van der Waals surface area contributed by atoms with Gasteiger partial charge in [-0.05, 0) is 30.3 Å². The van der Waals surface area contributed by atoms with Crippen LogP contribution in [0.3, 0.4) is 0 Å². The molecule has 0 unspecified atom stereocenters. The van der Waals surface area contributed by atoms with Crippen LogP contribution >= 0.6 is 15.9 Å². The highest BCUT2D eigenvalue weighted by Gasteiger charge is 2.13. The second-order valence-corrected chi connectivity index (χ2v) is 5.99. The Balaban J connectivity index is 2.11. The minimum Gasteiger partial charge on any atom is -0.493 e. The lowest BCUT2D eigenvalue weighted by molar-refractivity contribution is -0.114. The van der Waals surface area contributed by atoms with Crippen LogP contribution in [0.15, 0.2) is 40.9 Å². The zero-order valence-electron chi connectivity index (χ0n) is 14.1. The number of methoxy groups -OCH3 is 2. The molecule has 0 saturated carbocycles. The first kappa shape index (κ1) is 18.8. The minimum absolute atomic E-state index is 0.0597. The quantitative estimate of drug-likeness (QED) is 0.737. The normalized spacial score (nSPS) is 10.1. The van der Waals surface area contributed by atoms with E-state index in [1.165, 1.54) is 14.0 Å². The lowest BCUT2D eigenvalue weighted by atomic mass is 10.2. The molecule has 0 bridgehead atoms. The van der Waals surface area contributed by atoms with Gasteiger partial charge in [0.05, 0.1) is 19.8 Å². The zero-order chi connectivity index (χ0) is 18.4. The van der Waals surface area contributed by atoms with Gasteiger partial charge in [-0.2, -0.15) is 0 Å². The fraction of sp³-hybridized carbons (Fsp3) is 0.222. The lowest BCUT2D eigenvalue weighted by Gasteiger charge is -2.12. The molecule has 0 aliphatic heterocycles. The number of rotatable bonds is 6. The van der Waals surface area contributed by atoms with Gasteiger partial charge in [0, 0.05) is 22.6 Å². The molecule has 2 aromatic carbocycles. The third kappa shape index (κ3) is 4.96. The number of carbonyl (C=O) groups is 2. The number of anilines is 1. The van der Waals surface area contributed by atoms with Crippen LogP contribution < -0.4 is 14.8 Å². The van der Waals surface area contributed by atoms with Crippen molar-refractivity contribution in [2.75, 3.05) is 19.5 Å². The van der Waals surface area contributed by atoms with Gasteiger partial charge < -0.3 is 19.5 Å². The maximum absolute atomic E-state index is 12.2. The second kappa shape index (κ2) is 8.53. The Morgan fingerprint density at radius 1 is 1.08 bits per heavy atom. The van der Waals surface area contributed by atoms with Crippen LogP contribution in [-0.2, 0) is 16.1 Å². The number of esters is 1. The number of benzene rings is 2. The Morgan fingerprint density at radius 3 is 2.40 bits per heavy atom. The molecule has 0 aliphatic carbocycles. The van der Waals surface area contributed by atoms with Crippen molar-refractivity contribution in [2.45, 2.75) is 13.5 Å². The maximum atomic E-state index is 12.2. The molecule has 1 N–H and O–H groups in total. The van der Waals surface area contributed by atoms with E-state index < -0.39 is 5.97 Å². The molecule has 25 heavy (non-hydrogen) atoms. The summed E-state index contributed by atoms with van der Waals surface area (Å²) in [6.07, 6.45) is 0. The molecular weight excluding hydrogens is 390 g/mol. The van der Waals surface area contributed by atoms with Gasteiger partial charge in [-0.1, -0.05) is 22.0 Å². The van der Waals surface area contributed by atoms with Crippen molar-refractivity contribution in [3.63, 3.8) is 0 Å². The molecule has 2 rings (SSSR count). The Labute approximate surface area is 154 Å². The fourth-order valence-corrected chi connectivity index (χ4v) is 2.60. The second-order valence-electron chi connectivity index (χ2n) is 5.14. The van der Waals surface area contributed by atoms with Gasteiger partial charge in [0.1, 0.15) is 6.61 Å². The predicted octanol–water partition coefficient (Wildman–Crippen LogP) is 3.78. The van der Waals surface area contributed by atoms with Crippen molar-refractivity contribution >= 4 is 33.5 Å². The summed E-state index contributed by atoms with van der Waals surface area (Å²) in [5, 5.41) is 2.63. The fourth-order valence-electron chi connectivity index (χ4n) is 2.16. The van der Waals surface area contributed by atoms with Crippen LogP contribution in [0.25, 0.3) is 0 Å². The van der Waals surface area contributed by atoms with Crippen LogP contribution in [0.5, 0.6) is 11.5 Å². The zero-order valence-corrected chi connectivity index (χ0v) is 15.7. The van der Waals surface area contributed by atoms with E-state index in [0.29, 0.717) is 22.7 Å². The smallest absolute Gasteiger partial charge is 0.338 e. The van der Waals surface area contributed by atoms with E-state index in [0.717, 1.165) is 10.0 Å². The van der Waals surface area contributed by atoms with Gasteiger partial charge in [0.2, 0.25) is 5.91 Å². The van der Waals surface area contributed by atoms with E-state index in [2.05, 4.69) is 21.2 Å². The molecule has 2 aromatic rings. The van der Waals surface area contributed by atoms with Gasteiger partial charge in [-0.3, -0.25) is 4.79 Å². The van der Waals surface area contributed by atoms with Crippen LogP contribution in [0, 0.1) is 0 Å². The molecule has 0 heterocycles. The molecule has 0 atom stereocenters. The summed E-state index contributed by atoms with van der Waals surface area (Å²) in [6, 6.07) is 10.0. The summed E-state index contributed by atoms with van der Waals surface area (Å²) < 4.78 is 16.6. The maximum Gasteiger partial charge on any atom is 0.338 e. The van der Waals surface area contributed by atoms with Gasteiger partial charge in [0.15, 0.2) is 11.5 Å². The van der Waals surface area contributed by atoms with Gasteiger partial charge in [-0.15, -0.1) is 0 Å². The average Bonchev–Trinajstić information content (AvgIpc) is 2.59. The van der Waals surface area contributed by atoms with Crippen molar-refractivity contribution in [1.82, 2.24) is 0 Å². The Morgan fingerprint density at radius 2 is 1.76 bits per heavy atom. The van der Waals surface area contributed by atoms with Crippen molar-refractivity contribution in [3.05, 3.63) is 52.0 Å². The van der Waals surface area contributed by atoms with E-state index in [1.807, 2.05) is 0 Å². The number of amides is 1. The number of nitrogens with one attached hydrogen (secondary N) is 1. The molecule has 7 heteroatoms. The first-order valence-electron chi connectivity index (χ1n) is 7.39. The highest BCUT2D eigenvalue weighted by atomic mass is 79.9. The SMILES string of the molecule is COc1cc(Br)c(COC(=O)c2cccc(NC(C)=O)c2)cc1OC. The Bertz CT molecular complexity index is 791. The highest BCUT2D eigenvalue weighted by Crippen LogP contribution is 2.33. The molecule has 1 amide bonds. The summed E-state index contributed by atoms with van der Waals surface area (Å²) >= 11 is 3.42. The highest BCUT2D eigenvalue weighted by molar-refractivity contribution is 9.10. The van der Waals surface area contributed by atoms with E-state index in [9.17, 15) is 9.59 Å². The largest absolute Gasteiger partial charge is 0.493 e. The minimum atomic E-state index is -0.492. The van der Waals surface area contributed by atoms with Crippen molar-refractivity contribution in [1.29, 1.82) is 0 Å². The summed E-state index contributed by atoms with van der Waals surface area (Å²) in [6.45, 7) is 1.46. The van der Waals surface area contributed by atoms with Crippen molar-refractivity contribution < 1.29 is 23.8 Å². The van der Waals surface area contributed by atoms with E-state index >= 15 is 0 Å². The summed E-state index contributed by atoms with van der Waals surface area (Å²) in [7, 11) is 3.08. The summed E-state index contributed by atoms with van der Waals surface area (Å²) in [4.78, 5) is 23.3. The van der Waals surface area contributed by atoms with Crippen LogP contribution in [0.4, 0.5) is 5.69 Å². The topological polar surface area (TPSA) is 73.9 Å². The number of hydrogen-bond acceptors (Lipinski definition) is 5. The molecule has 0 saturated heterocycles. The number of hydrogen-bond donors (Lipinski definition) is 1. The number of halogens is 1. The third-order valence-electron chi connectivity index (χ3n) is 3.33. The molecule has 132 valence electrons. The van der Waals surface area contributed by atoms with Gasteiger partial charge in [0.25, 0.3) is 0 Å². The third-order valence-corrected chi connectivity index (χ3v) is 4.07. The predicted molar refractivity (Wildman–Crippen MR) is 97.1 cm³/mol. The van der Waals surface area contributed by atoms with Gasteiger partial charge >= 0.3 is 5.97 Å². The van der Waals surface area contributed by atoms with E-state index in [-0.39, 0.29) is 12.5 Å². The number of ether oxygens (including phenoxy) is 3. The summed E-state index contributed by atoms with van der Waals surface area (Å²) in [5.41, 5.74) is 1.63. The van der Waals surface area contributed by atoms with E-state index in [4.69, 9.17) is 14.2 Å². The van der Waals surface area contributed by atoms with Crippen LogP contribution in [0.1, 0.15) is 22.8 Å². The van der Waals surface area contributed by atoms with Crippen LogP contribution in [-0.4, -0.2) is 26.1 Å². The molecule has 0 aromatic heterocycles. The summed E-state index contributed by atoms with van der Waals surface area (Å²) in [5.74, 6) is 0.422. The Kier molecular flexibility index (Phi) is 6.41. The van der Waals surface area contributed by atoms with E-state index in [1.54, 1.807) is 43.5 Å². The molecule has 0 radical (unpaired) electrons. The molecule has 0 fully saturated rings. The monoisotopic (exact) mass is 407 g/mol. The lowest BCUT2D eigenvalue weighted by Crippen LogP contribution is -2.09. The molecule has 0 aliphatic rings. The molecule has 6 nitrogen and oxygen atoms in total. The molecule has 0 spiro atoms. The first-order valence-corrected chi connectivity index (χ1v) is 8.19.